The molecule has 0 aliphatic carbocycles. The number of nitro benzene ring substituents is 1. The molecule has 132 valence electrons. The van der Waals surface area contributed by atoms with Gasteiger partial charge in [-0.2, -0.15) is 0 Å². The first-order valence-corrected chi connectivity index (χ1v) is 8.83. The van der Waals surface area contributed by atoms with Gasteiger partial charge in [-0.05, 0) is 48.0 Å². The maximum absolute atomic E-state index is 10.7. The van der Waals surface area contributed by atoms with E-state index in [1.54, 1.807) is 18.3 Å². The van der Waals surface area contributed by atoms with Gasteiger partial charge in [0.05, 0.1) is 10.6 Å². The van der Waals surface area contributed by atoms with E-state index in [9.17, 15) is 10.1 Å². The highest BCUT2D eigenvalue weighted by atomic mass is 79.9. The van der Waals surface area contributed by atoms with Gasteiger partial charge in [-0.25, -0.2) is 4.98 Å². The largest absolute Gasteiger partial charge is 0.436 e. The predicted octanol–water partition coefficient (Wildman–Crippen LogP) is 5.92. The van der Waals surface area contributed by atoms with E-state index in [1.807, 2.05) is 42.5 Å². The molecular weight excluding hydrogens is 410 g/mol. The molecule has 0 saturated heterocycles. The summed E-state index contributed by atoms with van der Waals surface area (Å²) in [5.41, 5.74) is 3.81. The first kappa shape index (κ1) is 17.1. The zero-order chi connectivity index (χ0) is 18.8. The van der Waals surface area contributed by atoms with Crippen LogP contribution in [0.25, 0.3) is 22.6 Å². The Morgan fingerprint density at radius 1 is 1.07 bits per heavy atom. The van der Waals surface area contributed by atoms with Gasteiger partial charge in [0.2, 0.25) is 5.89 Å². The molecule has 1 heterocycles. The van der Waals surface area contributed by atoms with Gasteiger partial charge in [0.25, 0.3) is 5.69 Å². The number of hydrogen-bond donors (Lipinski definition) is 0. The minimum Gasteiger partial charge on any atom is -0.436 e. The van der Waals surface area contributed by atoms with Crippen molar-refractivity contribution in [2.45, 2.75) is 0 Å². The fourth-order valence-electron chi connectivity index (χ4n) is 2.57. The second-order valence-corrected chi connectivity index (χ2v) is 6.70. The number of aliphatic imine (C=N–C) groups is 1. The molecule has 0 amide bonds. The number of fused-ring (bicyclic) bond motifs is 1. The molecular formula is C20H12BrN3O3. The maximum atomic E-state index is 10.7. The highest BCUT2D eigenvalue weighted by molar-refractivity contribution is 9.10. The number of rotatable bonds is 4. The van der Waals surface area contributed by atoms with Crippen LogP contribution in [0.2, 0.25) is 0 Å². The first-order valence-electron chi connectivity index (χ1n) is 8.03. The number of nitrogens with zero attached hydrogens (tertiary/aromatic N) is 3. The first-order chi connectivity index (χ1) is 13.1. The van der Waals surface area contributed by atoms with Crippen LogP contribution >= 0.6 is 15.9 Å². The third-order valence-electron chi connectivity index (χ3n) is 3.91. The SMILES string of the molecule is O=[N+]([O-])c1ccc(C=Nc2ccc3nc(-c4cccc(Br)c4)oc3c2)cc1. The molecule has 0 bridgehead atoms. The molecule has 0 unspecified atom stereocenters. The number of halogens is 1. The molecule has 1 aromatic heterocycles. The van der Waals surface area contributed by atoms with Gasteiger partial charge in [0, 0.05) is 34.4 Å². The zero-order valence-corrected chi connectivity index (χ0v) is 15.5. The van der Waals surface area contributed by atoms with Crippen molar-refractivity contribution >= 4 is 44.6 Å². The maximum Gasteiger partial charge on any atom is 0.269 e. The topological polar surface area (TPSA) is 81.5 Å². The smallest absolute Gasteiger partial charge is 0.269 e. The second kappa shape index (κ2) is 7.13. The van der Waals surface area contributed by atoms with Gasteiger partial charge in [0.1, 0.15) is 5.52 Å². The number of nitro groups is 1. The molecule has 0 N–H and O–H groups in total. The van der Waals surface area contributed by atoms with Crippen LogP contribution in [0.1, 0.15) is 5.56 Å². The normalized spacial score (nSPS) is 11.3. The van der Waals surface area contributed by atoms with Crippen LogP contribution < -0.4 is 0 Å². The number of aromatic nitrogens is 1. The fraction of sp³-hybridized carbons (Fsp3) is 0. The summed E-state index contributed by atoms with van der Waals surface area (Å²) >= 11 is 3.44. The van der Waals surface area contributed by atoms with Gasteiger partial charge < -0.3 is 4.42 Å². The van der Waals surface area contributed by atoms with Crippen molar-refractivity contribution < 1.29 is 9.34 Å². The van der Waals surface area contributed by atoms with E-state index in [2.05, 4.69) is 25.9 Å². The van der Waals surface area contributed by atoms with E-state index >= 15 is 0 Å². The number of non-ortho nitro benzene ring substituents is 1. The lowest BCUT2D eigenvalue weighted by molar-refractivity contribution is -0.384. The summed E-state index contributed by atoms with van der Waals surface area (Å²) in [6.07, 6.45) is 1.65. The van der Waals surface area contributed by atoms with Gasteiger partial charge in [-0.1, -0.05) is 22.0 Å². The molecule has 0 fully saturated rings. The van der Waals surface area contributed by atoms with Crippen molar-refractivity contribution in [2.75, 3.05) is 0 Å². The summed E-state index contributed by atoms with van der Waals surface area (Å²) in [4.78, 5) is 19.2. The van der Waals surface area contributed by atoms with Crippen molar-refractivity contribution in [1.82, 2.24) is 4.98 Å². The summed E-state index contributed by atoms with van der Waals surface area (Å²) in [7, 11) is 0. The van der Waals surface area contributed by atoms with Crippen molar-refractivity contribution in [2.24, 2.45) is 4.99 Å². The van der Waals surface area contributed by atoms with Gasteiger partial charge in [0.15, 0.2) is 5.58 Å². The Bertz CT molecular complexity index is 1170. The lowest BCUT2D eigenvalue weighted by atomic mass is 10.2. The van der Waals surface area contributed by atoms with Crippen LogP contribution in [0.4, 0.5) is 11.4 Å². The lowest BCUT2D eigenvalue weighted by Gasteiger charge is -1.95. The highest BCUT2D eigenvalue weighted by Gasteiger charge is 2.09. The molecule has 4 aromatic rings. The quantitative estimate of drug-likeness (QED) is 0.232. The minimum absolute atomic E-state index is 0.0512. The standard InChI is InChI=1S/C20H12BrN3O3/c21-15-3-1-2-14(10-15)20-23-18-9-6-16(11-19(18)27-20)22-12-13-4-7-17(8-5-13)24(25)26/h1-12H. The van der Waals surface area contributed by atoms with Crippen molar-refractivity contribution in [3.8, 4) is 11.5 Å². The zero-order valence-electron chi connectivity index (χ0n) is 13.9. The van der Waals surface area contributed by atoms with Crippen molar-refractivity contribution in [3.63, 3.8) is 0 Å². The Balaban J connectivity index is 1.60. The molecule has 7 heteroatoms. The molecule has 0 saturated carbocycles. The fourth-order valence-corrected chi connectivity index (χ4v) is 2.97. The molecule has 0 spiro atoms. The Morgan fingerprint density at radius 2 is 1.89 bits per heavy atom. The number of hydrogen-bond acceptors (Lipinski definition) is 5. The van der Waals surface area contributed by atoms with Crippen LogP contribution in [-0.2, 0) is 0 Å². The van der Waals surface area contributed by atoms with Crippen LogP contribution in [0.5, 0.6) is 0 Å². The Kier molecular flexibility index (Phi) is 4.52. The second-order valence-electron chi connectivity index (χ2n) is 5.79. The van der Waals surface area contributed by atoms with Gasteiger partial charge >= 0.3 is 0 Å². The summed E-state index contributed by atoms with van der Waals surface area (Å²) in [6, 6.07) is 19.5. The van der Waals surface area contributed by atoms with Crippen LogP contribution in [0, 0.1) is 10.1 Å². The van der Waals surface area contributed by atoms with Crippen molar-refractivity contribution in [3.05, 3.63) is 86.9 Å². The summed E-state index contributed by atoms with van der Waals surface area (Å²) in [6.45, 7) is 0. The average molecular weight is 422 g/mol. The molecule has 6 nitrogen and oxygen atoms in total. The van der Waals surface area contributed by atoms with Gasteiger partial charge in [-0.15, -0.1) is 0 Å². The number of oxazole rings is 1. The van der Waals surface area contributed by atoms with Crippen LogP contribution in [0.3, 0.4) is 0 Å². The monoisotopic (exact) mass is 421 g/mol. The third-order valence-corrected chi connectivity index (χ3v) is 4.40. The van der Waals surface area contributed by atoms with E-state index in [1.165, 1.54) is 12.1 Å². The van der Waals surface area contributed by atoms with E-state index in [4.69, 9.17) is 4.42 Å². The Morgan fingerprint density at radius 3 is 2.63 bits per heavy atom. The molecule has 4 rings (SSSR count). The molecule has 0 radical (unpaired) electrons. The summed E-state index contributed by atoms with van der Waals surface area (Å²) in [5, 5.41) is 10.7. The van der Waals surface area contributed by atoms with E-state index in [0.29, 0.717) is 17.2 Å². The molecule has 0 atom stereocenters. The molecule has 3 aromatic carbocycles. The van der Waals surface area contributed by atoms with Crippen molar-refractivity contribution in [1.29, 1.82) is 0 Å². The molecule has 0 aliphatic rings. The summed E-state index contributed by atoms with van der Waals surface area (Å²) in [5.74, 6) is 0.544. The van der Waals surface area contributed by atoms with E-state index in [0.717, 1.165) is 21.1 Å². The highest BCUT2D eigenvalue weighted by Crippen LogP contribution is 2.28. The summed E-state index contributed by atoms with van der Waals surface area (Å²) < 4.78 is 6.82. The molecule has 0 aliphatic heterocycles. The third kappa shape index (κ3) is 3.78. The number of benzene rings is 3. The molecule has 27 heavy (non-hydrogen) atoms. The van der Waals surface area contributed by atoms with Gasteiger partial charge in [-0.3, -0.25) is 15.1 Å². The average Bonchev–Trinajstić information content (AvgIpc) is 3.10. The van der Waals surface area contributed by atoms with Crippen LogP contribution in [-0.4, -0.2) is 16.1 Å². The van der Waals surface area contributed by atoms with E-state index < -0.39 is 4.92 Å². The van der Waals surface area contributed by atoms with Crippen LogP contribution in [0.15, 0.2) is 80.6 Å². The predicted molar refractivity (Wildman–Crippen MR) is 107 cm³/mol. The Labute approximate surface area is 162 Å². The lowest BCUT2D eigenvalue weighted by Crippen LogP contribution is -1.88. The Hall–Kier alpha value is -3.32. The minimum atomic E-state index is -0.429. The van der Waals surface area contributed by atoms with E-state index in [-0.39, 0.29) is 5.69 Å².